The van der Waals surface area contributed by atoms with Crippen molar-refractivity contribution in [3.05, 3.63) is 45.7 Å². The standard InChI is InChI=1S/C17H16BrN3O4S2/c1-11-4-6-12(7-5-11)27(23,24)10-2-3-15(22)19-17-21-20-16(25-17)13-8-9-14(18)26-13/h4-9H,2-3,10H2,1H3,(H,19,21,22). The van der Waals surface area contributed by atoms with Crippen molar-refractivity contribution in [2.45, 2.75) is 24.7 Å². The van der Waals surface area contributed by atoms with Gasteiger partial charge in [-0.1, -0.05) is 22.8 Å². The number of anilines is 1. The van der Waals surface area contributed by atoms with Crippen molar-refractivity contribution in [1.29, 1.82) is 0 Å². The number of hydrogen-bond acceptors (Lipinski definition) is 7. The molecule has 27 heavy (non-hydrogen) atoms. The average molecular weight is 470 g/mol. The van der Waals surface area contributed by atoms with Crippen LogP contribution in [0.2, 0.25) is 0 Å². The molecule has 3 aromatic rings. The van der Waals surface area contributed by atoms with Crippen molar-refractivity contribution in [1.82, 2.24) is 10.2 Å². The summed E-state index contributed by atoms with van der Waals surface area (Å²) in [7, 11) is -3.41. The van der Waals surface area contributed by atoms with Gasteiger partial charge >= 0.3 is 6.01 Å². The van der Waals surface area contributed by atoms with Crippen LogP contribution in [0.5, 0.6) is 0 Å². The Morgan fingerprint density at radius 3 is 2.59 bits per heavy atom. The maximum absolute atomic E-state index is 12.3. The van der Waals surface area contributed by atoms with E-state index in [2.05, 4.69) is 31.4 Å². The van der Waals surface area contributed by atoms with Crippen molar-refractivity contribution in [3.63, 3.8) is 0 Å². The zero-order chi connectivity index (χ0) is 19.4. The number of benzene rings is 1. The van der Waals surface area contributed by atoms with Crippen molar-refractivity contribution in [3.8, 4) is 10.8 Å². The van der Waals surface area contributed by atoms with Gasteiger partial charge in [-0.3, -0.25) is 10.1 Å². The maximum atomic E-state index is 12.3. The van der Waals surface area contributed by atoms with Crippen LogP contribution in [-0.4, -0.2) is 30.3 Å². The lowest BCUT2D eigenvalue weighted by atomic mass is 10.2. The molecule has 0 aliphatic heterocycles. The first kappa shape index (κ1) is 19.7. The van der Waals surface area contributed by atoms with E-state index in [0.717, 1.165) is 14.2 Å². The van der Waals surface area contributed by atoms with Crippen molar-refractivity contribution < 1.29 is 17.6 Å². The highest BCUT2D eigenvalue weighted by Crippen LogP contribution is 2.30. The topological polar surface area (TPSA) is 102 Å². The number of thiophene rings is 1. The summed E-state index contributed by atoms with van der Waals surface area (Å²) in [6.45, 7) is 1.89. The fraction of sp³-hybridized carbons (Fsp3) is 0.235. The third-order valence-corrected chi connectivity index (χ3v) is 7.08. The Hall–Kier alpha value is -2.04. The van der Waals surface area contributed by atoms with E-state index in [1.165, 1.54) is 11.3 Å². The number of carbonyl (C=O) groups is 1. The number of amides is 1. The van der Waals surface area contributed by atoms with E-state index in [1.807, 2.05) is 19.1 Å². The Morgan fingerprint density at radius 1 is 1.19 bits per heavy atom. The SMILES string of the molecule is Cc1ccc(S(=O)(=O)CCCC(=O)Nc2nnc(-c3ccc(Br)s3)o2)cc1. The number of sulfone groups is 1. The Balaban J connectivity index is 1.51. The second-order valence-corrected chi connectivity index (χ2v) is 10.4. The van der Waals surface area contributed by atoms with Crippen molar-refractivity contribution >= 4 is 49.0 Å². The third kappa shape index (κ3) is 5.24. The van der Waals surface area contributed by atoms with Gasteiger partial charge in [-0.15, -0.1) is 16.4 Å². The Bertz CT molecular complexity index is 1040. The van der Waals surface area contributed by atoms with Gasteiger partial charge < -0.3 is 4.42 Å². The lowest BCUT2D eigenvalue weighted by Gasteiger charge is -2.05. The summed E-state index contributed by atoms with van der Waals surface area (Å²) in [4.78, 5) is 13.0. The summed E-state index contributed by atoms with van der Waals surface area (Å²) in [5, 5.41) is 10.2. The fourth-order valence-corrected chi connectivity index (χ4v) is 4.89. The van der Waals surface area contributed by atoms with Gasteiger partial charge in [0.05, 0.1) is 19.3 Å². The second kappa shape index (κ2) is 8.32. The summed E-state index contributed by atoms with van der Waals surface area (Å²) in [6.07, 6.45) is 0.230. The van der Waals surface area contributed by atoms with Gasteiger partial charge in [0.2, 0.25) is 5.91 Å². The van der Waals surface area contributed by atoms with Crippen LogP contribution in [0.1, 0.15) is 18.4 Å². The number of nitrogens with zero attached hydrogens (tertiary/aromatic N) is 2. The van der Waals surface area contributed by atoms with Crippen LogP contribution in [0.25, 0.3) is 10.8 Å². The molecule has 3 rings (SSSR count). The van der Waals surface area contributed by atoms with Gasteiger partial charge in [0.15, 0.2) is 9.84 Å². The fourth-order valence-electron chi connectivity index (χ4n) is 2.27. The molecule has 2 heterocycles. The molecule has 1 N–H and O–H groups in total. The minimum Gasteiger partial charge on any atom is -0.402 e. The Morgan fingerprint density at radius 2 is 1.93 bits per heavy atom. The van der Waals surface area contributed by atoms with E-state index in [9.17, 15) is 13.2 Å². The second-order valence-electron chi connectivity index (χ2n) is 5.80. The van der Waals surface area contributed by atoms with Crippen molar-refractivity contribution in [2.75, 3.05) is 11.1 Å². The number of aryl methyl sites for hydroxylation is 1. The molecule has 142 valence electrons. The van der Waals surface area contributed by atoms with Crippen LogP contribution < -0.4 is 5.32 Å². The molecule has 2 aromatic heterocycles. The highest BCUT2D eigenvalue weighted by Gasteiger charge is 2.16. The molecule has 0 aliphatic rings. The summed E-state index contributed by atoms with van der Waals surface area (Å²) < 4.78 is 30.9. The van der Waals surface area contributed by atoms with Crippen LogP contribution in [0.15, 0.2) is 49.5 Å². The van der Waals surface area contributed by atoms with Gasteiger partial charge in [0.1, 0.15) is 0 Å². The molecule has 0 radical (unpaired) electrons. The minimum absolute atomic E-state index is 0.0130. The molecule has 0 saturated heterocycles. The quantitative estimate of drug-likeness (QED) is 0.559. The van der Waals surface area contributed by atoms with Crippen LogP contribution in [0, 0.1) is 6.92 Å². The first-order valence-corrected chi connectivity index (χ1v) is 11.3. The summed E-state index contributed by atoms with van der Waals surface area (Å²) in [5.74, 6) is -0.179. The van der Waals surface area contributed by atoms with Gasteiger partial charge in [0.25, 0.3) is 5.89 Å². The van der Waals surface area contributed by atoms with Gasteiger partial charge in [0, 0.05) is 6.42 Å². The van der Waals surface area contributed by atoms with E-state index >= 15 is 0 Å². The van der Waals surface area contributed by atoms with Crippen LogP contribution >= 0.6 is 27.3 Å². The molecule has 0 fully saturated rings. The summed E-state index contributed by atoms with van der Waals surface area (Å²) in [5.41, 5.74) is 0.988. The number of rotatable bonds is 7. The smallest absolute Gasteiger partial charge is 0.322 e. The molecule has 0 atom stereocenters. The first-order chi connectivity index (χ1) is 12.8. The highest BCUT2D eigenvalue weighted by atomic mass is 79.9. The molecular weight excluding hydrogens is 454 g/mol. The lowest BCUT2D eigenvalue weighted by molar-refractivity contribution is -0.116. The largest absolute Gasteiger partial charge is 0.402 e. The summed E-state index contributed by atoms with van der Waals surface area (Å²) >= 11 is 4.78. The molecular formula is C17H16BrN3O4S2. The number of halogens is 1. The highest BCUT2D eigenvalue weighted by molar-refractivity contribution is 9.11. The number of nitrogens with one attached hydrogen (secondary N) is 1. The van der Waals surface area contributed by atoms with Crippen molar-refractivity contribution in [2.24, 2.45) is 0 Å². The van der Waals surface area contributed by atoms with Crippen LogP contribution in [-0.2, 0) is 14.6 Å². The third-order valence-electron chi connectivity index (χ3n) is 3.65. The number of hydrogen-bond donors (Lipinski definition) is 1. The van der Waals surface area contributed by atoms with E-state index in [-0.39, 0.29) is 35.4 Å². The molecule has 0 saturated carbocycles. The zero-order valence-corrected chi connectivity index (χ0v) is 17.5. The molecule has 0 spiro atoms. The van der Waals surface area contributed by atoms with Crippen LogP contribution in [0.4, 0.5) is 6.01 Å². The minimum atomic E-state index is -3.41. The Labute approximate surface area is 168 Å². The molecule has 0 unspecified atom stereocenters. The molecule has 0 aliphatic carbocycles. The average Bonchev–Trinajstić information content (AvgIpc) is 3.24. The molecule has 1 aromatic carbocycles. The van der Waals surface area contributed by atoms with Crippen LogP contribution in [0.3, 0.4) is 0 Å². The molecule has 7 nitrogen and oxygen atoms in total. The monoisotopic (exact) mass is 469 g/mol. The summed E-state index contributed by atoms with van der Waals surface area (Å²) in [6, 6.07) is 10.3. The van der Waals surface area contributed by atoms with E-state index < -0.39 is 9.84 Å². The molecule has 1 amide bonds. The number of carbonyl (C=O) groups excluding carboxylic acids is 1. The molecule has 0 bridgehead atoms. The predicted octanol–water partition coefficient (Wildman–Crippen LogP) is 4.06. The van der Waals surface area contributed by atoms with E-state index in [4.69, 9.17) is 4.42 Å². The first-order valence-electron chi connectivity index (χ1n) is 8.02. The van der Waals surface area contributed by atoms with E-state index in [1.54, 1.807) is 24.3 Å². The lowest BCUT2D eigenvalue weighted by Crippen LogP contribution is -2.14. The van der Waals surface area contributed by atoms with Gasteiger partial charge in [-0.05, 0) is 53.5 Å². The van der Waals surface area contributed by atoms with Gasteiger partial charge in [-0.25, -0.2) is 8.42 Å². The molecule has 10 heteroatoms. The van der Waals surface area contributed by atoms with E-state index in [0.29, 0.717) is 5.89 Å². The zero-order valence-electron chi connectivity index (χ0n) is 14.3. The number of aromatic nitrogens is 2. The maximum Gasteiger partial charge on any atom is 0.322 e. The predicted molar refractivity (Wildman–Crippen MR) is 106 cm³/mol. The Kier molecular flexibility index (Phi) is 6.08. The normalized spacial score (nSPS) is 11.5. The van der Waals surface area contributed by atoms with Gasteiger partial charge in [-0.2, -0.15) is 0 Å².